The zero-order valence-corrected chi connectivity index (χ0v) is 18.1. The topological polar surface area (TPSA) is 87.5 Å². The molecule has 2 amide bonds. The van der Waals surface area contributed by atoms with Gasteiger partial charge in [0.1, 0.15) is 0 Å². The van der Waals surface area contributed by atoms with E-state index >= 15 is 0 Å². The van der Waals surface area contributed by atoms with Gasteiger partial charge in [0.25, 0.3) is 0 Å². The summed E-state index contributed by atoms with van der Waals surface area (Å²) in [4.78, 5) is 26.3. The number of anilines is 2. The molecule has 0 bridgehead atoms. The number of hydrogen-bond donors (Lipinski definition) is 3. The Hall–Kier alpha value is -1.21. The predicted molar refractivity (Wildman–Crippen MR) is 116 cm³/mol. The number of hydrogen-bond acceptors (Lipinski definition) is 4. The van der Waals surface area contributed by atoms with E-state index in [9.17, 15) is 9.59 Å². The highest BCUT2D eigenvalue weighted by atomic mass is 35.5. The lowest BCUT2D eigenvalue weighted by Crippen LogP contribution is -2.46. The van der Waals surface area contributed by atoms with Gasteiger partial charge in [-0.05, 0) is 43.4 Å². The summed E-state index contributed by atoms with van der Waals surface area (Å²) in [6.07, 6.45) is 3.51. The zero-order valence-electron chi connectivity index (χ0n) is 15.7. The van der Waals surface area contributed by atoms with Gasteiger partial charge in [-0.2, -0.15) is 0 Å². The van der Waals surface area contributed by atoms with Crippen LogP contribution in [0.3, 0.4) is 0 Å². The van der Waals surface area contributed by atoms with E-state index in [0.717, 1.165) is 31.6 Å². The molecule has 1 saturated heterocycles. The average molecular weight is 440 g/mol. The van der Waals surface area contributed by atoms with Crippen molar-refractivity contribution in [3.8, 4) is 0 Å². The Morgan fingerprint density at radius 1 is 1.19 bits per heavy atom. The number of rotatable bonds is 6. The largest absolute Gasteiger partial charge is 0.370 e. The van der Waals surface area contributed by atoms with Gasteiger partial charge in [-0.25, -0.2) is 0 Å². The number of carbonyl (C=O) groups is 2. The molecule has 1 heterocycles. The van der Waals surface area contributed by atoms with Gasteiger partial charge in [0, 0.05) is 18.1 Å². The van der Waals surface area contributed by atoms with Gasteiger partial charge in [0.05, 0.1) is 24.0 Å². The van der Waals surface area contributed by atoms with E-state index in [1.54, 1.807) is 6.07 Å². The first kappa shape index (κ1) is 25.8. The summed E-state index contributed by atoms with van der Waals surface area (Å²) in [6.45, 7) is 5.53. The molecule has 1 atom stereocenters. The predicted octanol–water partition coefficient (Wildman–Crippen LogP) is 3.21. The van der Waals surface area contributed by atoms with Crippen LogP contribution >= 0.6 is 36.4 Å². The quantitative estimate of drug-likeness (QED) is 0.635. The number of amides is 2. The summed E-state index contributed by atoms with van der Waals surface area (Å²) in [5.74, 6) is -0.612. The molecule has 9 heteroatoms. The van der Waals surface area contributed by atoms with Gasteiger partial charge >= 0.3 is 0 Å². The highest BCUT2D eigenvalue weighted by Crippen LogP contribution is 2.31. The van der Waals surface area contributed by atoms with Gasteiger partial charge in [0.2, 0.25) is 11.8 Å². The highest BCUT2D eigenvalue weighted by molar-refractivity contribution is 6.31. The van der Waals surface area contributed by atoms with Crippen molar-refractivity contribution in [2.75, 3.05) is 29.9 Å². The second kappa shape index (κ2) is 12.3. The molecule has 0 unspecified atom stereocenters. The monoisotopic (exact) mass is 438 g/mol. The molecule has 0 spiro atoms. The van der Waals surface area contributed by atoms with Gasteiger partial charge in [-0.15, -0.1) is 24.8 Å². The zero-order chi connectivity index (χ0) is 18.4. The minimum absolute atomic E-state index is 0. The molecular formula is C18H29Cl3N4O2. The van der Waals surface area contributed by atoms with Crippen molar-refractivity contribution in [2.45, 2.75) is 39.2 Å². The molecule has 4 N–H and O–H groups in total. The van der Waals surface area contributed by atoms with Crippen LogP contribution in [0, 0.1) is 5.92 Å². The van der Waals surface area contributed by atoms with Crippen LogP contribution in [-0.2, 0) is 9.59 Å². The van der Waals surface area contributed by atoms with E-state index < -0.39 is 6.04 Å². The van der Waals surface area contributed by atoms with Crippen molar-refractivity contribution in [1.82, 2.24) is 5.32 Å². The molecule has 1 aliphatic heterocycles. The minimum Gasteiger partial charge on any atom is -0.370 e. The molecule has 154 valence electrons. The van der Waals surface area contributed by atoms with Crippen LogP contribution < -0.4 is 21.3 Å². The van der Waals surface area contributed by atoms with Gasteiger partial charge in [-0.3, -0.25) is 9.59 Å². The molecule has 0 aliphatic carbocycles. The molecule has 0 radical (unpaired) electrons. The maximum absolute atomic E-state index is 12.2. The number of nitrogens with one attached hydrogen (secondary N) is 2. The molecule has 1 fully saturated rings. The fourth-order valence-corrected chi connectivity index (χ4v) is 2.97. The third kappa shape index (κ3) is 7.74. The van der Waals surface area contributed by atoms with Gasteiger partial charge < -0.3 is 21.3 Å². The lowest BCUT2D eigenvalue weighted by molar-refractivity contribution is -0.125. The molecule has 1 aliphatic rings. The highest BCUT2D eigenvalue weighted by Gasteiger charge is 2.19. The Bertz CT molecular complexity index is 623. The van der Waals surface area contributed by atoms with Crippen molar-refractivity contribution < 1.29 is 9.59 Å². The van der Waals surface area contributed by atoms with Crippen LogP contribution in [0.15, 0.2) is 18.2 Å². The molecular weight excluding hydrogens is 411 g/mol. The van der Waals surface area contributed by atoms with Gasteiger partial charge in [-0.1, -0.05) is 25.4 Å². The van der Waals surface area contributed by atoms with Crippen molar-refractivity contribution in [2.24, 2.45) is 11.7 Å². The standard InChI is InChI=1S/C18H27ClN4O2.2ClH/c1-12(2)17(20)18(25)21-11-16(24)22-14-10-13(19)6-7-15(14)23-8-4-3-5-9-23;;/h6-7,10,12,17H,3-5,8-9,11,20H2,1-2H3,(H,21,25)(H,22,24);2*1H/t17-;;/m0../s1. The molecule has 1 aromatic carbocycles. The Morgan fingerprint density at radius 3 is 2.41 bits per heavy atom. The van der Waals surface area contributed by atoms with E-state index in [-0.39, 0.29) is 49.1 Å². The van der Waals surface area contributed by atoms with E-state index in [2.05, 4.69) is 15.5 Å². The summed E-state index contributed by atoms with van der Waals surface area (Å²) < 4.78 is 0. The summed E-state index contributed by atoms with van der Waals surface area (Å²) >= 11 is 6.09. The summed E-state index contributed by atoms with van der Waals surface area (Å²) in [7, 11) is 0. The third-order valence-corrected chi connectivity index (χ3v) is 4.61. The van der Waals surface area contributed by atoms with E-state index in [4.69, 9.17) is 17.3 Å². The number of benzene rings is 1. The number of nitrogens with two attached hydrogens (primary N) is 1. The van der Waals surface area contributed by atoms with Gasteiger partial charge in [0.15, 0.2) is 0 Å². The Morgan fingerprint density at radius 2 is 1.81 bits per heavy atom. The SMILES string of the molecule is CC(C)[C@H](N)C(=O)NCC(=O)Nc1cc(Cl)ccc1N1CCCCC1.Cl.Cl. The smallest absolute Gasteiger partial charge is 0.243 e. The van der Waals surface area contributed by atoms with E-state index in [1.165, 1.54) is 6.42 Å². The number of nitrogens with zero attached hydrogens (tertiary/aromatic N) is 1. The van der Waals surface area contributed by atoms with Crippen LogP contribution in [0.4, 0.5) is 11.4 Å². The first-order valence-electron chi connectivity index (χ1n) is 8.76. The first-order valence-corrected chi connectivity index (χ1v) is 9.14. The van der Waals surface area contributed by atoms with Crippen LogP contribution in [0.1, 0.15) is 33.1 Å². The van der Waals surface area contributed by atoms with Crippen LogP contribution in [0.5, 0.6) is 0 Å². The second-order valence-corrected chi connectivity index (χ2v) is 7.18. The third-order valence-electron chi connectivity index (χ3n) is 4.37. The maximum atomic E-state index is 12.2. The maximum Gasteiger partial charge on any atom is 0.243 e. The normalized spacial score (nSPS) is 14.6. The summed E-state index contributed by atoms with van der Waals surface area (Å²) in [5.41, 5.74) is 7.40. The van der Waals surface area contributed by atoms with Crippen molar-refractivity contribution in [3.63, 3.8) is 0 Å². The van der Waals surface area contributed by atoms with Crippen molar-refractivity contribution in [3.05, 3.63) is 23.2 Å². The number of carbonyl (C=O) groups excluding carboxylic acids is 2. The Balaban J connectivity index is 0.00000338. The molecule has 0 saturated carbocycles. The first-order chi connectivity index (χ1) is 11.9. The minimum atomic E-state index is -0.622. The van der Waals surface area contributed by atoms with Crippen LogP contribution in [0.2, 0.25) is 5.02 Å². The summed E-state index contributed by atoms with van der Waals surface area (Å²) in [6, 6.07) is 4.87. The van der Waals surface area contributed by atoms with Crippen molar-refractivity contribution >= 4 is 59.6 Å². The van der Waals surface area contributed by atoms with E-state index in [1.807, 2.05) is 26.0 Å². The Labute approximate surface area is 178 Å². The lowest BCUT2D eigenvalue weighted by atomic mass is 10.1. The molecule has 1 aromatic rings. The lowest BCUT2D eigenvalue weighted by Gasteiger charge is -2.30. The molecule has 2 rings (SSSR count). The average Bonchev–Trinajstić information content (AvgIpc) is 2.59. The van der Waals surface area contributed by atoms with E-state index in [0.29, 0.717) is 10.7 Å². The molecule has 27 heavy (non-hydrogen) atoms. The molecule has 0 aromatic heterocycles. The van der Waals surface area contributed by atoms with Crippen molar-refractivity contribution in [1.29, 1.82) is 0 Å². The second-order valence-electron chi connectivity index (χ2n) is 6.74. The number of halogens is 3. The fourth-order valence-electron chi connectivity index (χ4n) is 2.80. The summed E-state index contributed by atoms with van der Waals surface area (Å²) in [5, 5.41) is 5.98. The molecule has 6 nitrogen and oxygen atoms in total. The Kier molecular flexibility index (Phi) is 11.7. The number of piperidine rings is 1. The fraction of sp³-hybridized carbons (Fsp3) is 0.556. The van der Waals surface area contributed by atoms with Crippen LogP contribution in [0.25, 0.3) is 0 Å². The van der Waals surface area contributed by atoms with Crippen LogP contribution in [-0.4, -0.2) is 37.5 Å².